The Hall–Kier alpha value is -1.66. The van der Waals surface area contributed by atoms with Gasteiger partial charge < -0.3 is 43.2 Å². The van der Waals surface area contributed by atoms with Crippen LogP contribution in [0.15, 0.2) is 0 Å². The van der Waals surface area contributed by atoms with Crippen molar-refractivity contribution >= 4 is 12.2 Å². The summed E-state index contributed by atoms with van der Waals surface area (Å²) in [7, 11) is 1.62. The van der Waals surface area contributed by atoms with E-state index in [9.17, 15) is 9.59 Å². The molecule has 0 spiro atoms. The Morgan fingerprint density at radius 1 is 0.889 bits per heavy atom. The third-order valence-corrected chi connectivity index (χ3v) is 3.13. The van der Waals surface area contributed by atoms with Crippen molar-refractivity contribution in [3.63, 3.8) is 0 Å². The van der Waals surface area contributed by atoms with Crippen LogP contribution in [0.5, 0.6) is 0 Å². The minimum atomic E-state index is -0.832. The molecule has 0 aromatic carbocycles. The van der Waals surface area contributed by atoms with Crippen LogP contribution in [-0.4, -0.2) is 105 Å². The predicted molar refractivity (Wildman–Crippen MR) is 90.7 cm³/mol. The molecule has 1 amide bonds. The molecule has 0 radical (unpaired) electrons. The Labute approximate surface area is 158 Å². The van der Waals surface area contributed by atoms with E-state index in [1.807, 2.05) is 0 Å². The number of hydrogen-bond donors (Lipinski definition) is 1. The third kappa shape index (κ3) is 14.1. The van der Waals surface area contributed by atoms with Crippen molar-refractivity contribution in [3.05, 3.63) is 0 Å². The largest absolute Gasteiger partial charge is 0.508 e. The summed E-state index contributed by atoms with van der Waals surface area (Å²) in [6.07, 6.45) is -1.84. The minimum absolute atomic E-state index is 0.0480. The van der Waals surface area contributed by atoms with E-state index in [1.54, 1.807) is 7.11 Å². The van der Waals surface area contributed by atoms with Crippen LogP contribution in [0.4, 0.5) is 9.59 Å². The molecule has 11 nitrogen and oxygen atoms in total. The molecule has 11 heteroatoms. The zero-order valence-electron chi connectivity index (χ0n) is 15.6. The molecule has 0 saturated carbocycles. The number of carbonyl (C=O) groups excluding carboxylic acids is 2. The van der Waals surface area contributed by atoms with Crippen molar-refractivity contribution in [1.29, 1.82) is 0 Å². The number of hydrogen-bond acceptors (Lipinski definition) is 10. The van der Waals surface area contributed by atoms with E-state index in [2.05, 4.69) is 5.32 Å². The SMILES string of the molecule is COCCOCCOCCOCCOCCOC(=O)OC[C@@H]1CNC(=O)O1. The normalized spacial score (nSPS) is 16.0. The zero-order valence-corrected chi connectivity index (χ0v) is 15.6. The summed E-state index contributed by atoms with van der Waals surface area (Å²) in [5.74, 6) is 0. The van der Waals surface area contributed by atoms with Crippen molar-refractivity contribution < 1.29 is 47.5 Å². The van der Waals surface area contributed by atoms with Gasteiger partial charge in [0, 0.05) is 7.11 Å². The van der Waals surface area contributed by atoms with Crippen molar-refractivity contribution in [2.45, 2.75) is 6.10 Å². The number of alkyl carbamates (subject to hydrolysis) is 1. The number of methoxy groups -OCH3 is 1. The molecule has 0 bridgehead atoms. The maximum Gasteiger partial charge on any atom is 0.508 e. The van der Waals surface area contributed by atoms with E-state index in [0.717, 1.165) is 0 Å². The minimum Gasteiger partial charge on any atom is -0.441 e. The highest BCUT2D eigenvalue weighted by Crippen LogP contribution is 2.01. The molecule has 1 rings (SSSR count). The Bertz CT molecular complexity index is 395. The Balaban J connectivity index is 1.73. The van der Waals surface area contributed by atoms with Crippen LogP contribution in [0, 0.1) is 0 Å². The molecule has 1 aliphatic rings. The molecule has 1 N–H and O–H groups in total. The van der Waals surface area contributed by atoms with Crippen molar-refractivity contribution in [2.24, 2.45) is 0 Å². The molecular weight excluding hydrogens is 366 g/mol. The number of rotatable bonds is 17. The van der Waals surface area contributed by atoms with Crippen LogP contribution in [0.25, 0.3) is 0 Å². The first-order chi connectivity index (χ1) is 13.2. The molecule has 1 saturated heterocycles. The summed E-state index contributed by atoms with van der Waals surface area (Å²) in [4.78, 5) is 22.1. The number of ether oxygens (including phenoxy) is 8. The average molecular weight is 395 g/mol. The Morgan fingerprint density at radius 3 is 1.89 bits per heavy atom. The summed E-state index contributed by atoms with van der Waals surface area (Å²) in [5, 5.41) is 2.45. The summed E-state index contributed by atoms with van der Waals surface area (Å²) < 4.78 is 40.4. The van der Waals surface area contributed by atoms with Gasteiger partial charge in [0.05, 0.1) is 66.0 Å². The second-order valence-electron chi connectivity index (χ2n) is 5.26. The van der Waals surface area contributed by atoms with Crippen LogP contribution in [0.3, 0.4) is 0 Å². The van der Waals surface area contributed by atoms with E-state index in [1.165, 1.54) is 0 Å². The highest BCUT2D eigenvalue weighted by molar-refractivity contribution is 5.69. The van der Waals surface area contributed by atoms with Crippen LogP contribution < -0.4 is 5.32 Å². The number of nitrogens with one attached hydrogen (secondary N) is 1. The van der Waals surface area contributed by atoms with Gasteiger partial charge in [-0.2, -0.15) is 0 Å². The van der Waals surface area contributed by atoms with Gasteiger partial charge in [0.25, 0.3) is 0 Å². The fourth-order valence-corrected chi connectivity index (χ4v) is 1.82. The fourth-order valence-electron chi connectivity index (χ4n) is 1.82. The van der Waals surface area contributed by atoms with Gasteiger partial charge in [0.2, 0.25) is 0 Å². The first-order valence-electron chi connectivity index (χ1n) is 8.76. The molecule has 0 unspecified atom stereocenters. The van der Waals surface area contributed by atoms with E-state index in [-0.39, 0.29) is 19.8 Å². The number of amides is 1. The summed E-state index contributed by atoms with van der Waals surface area (Å²) in [5.41, 5.74) is 0. The van der Waals surface area contributed by atoms with Crippen LogP contribution in [0.1, 0.15) is 0 Å². The quantitative estimate of drug-likeness (QED) is 0.265. The van der Waals surface area contributed by atoms with Crippen LogP contribution in [-0.2, 0) is 37.9 Å². The standard InChI is InChI=1S/C16H29NO10/c1-20-2-3-21-4-5-22-6-7-23-8-9-24-10-11-25-16(19)26-13-14-12-17-15(18)27-14/h14H,2-13H2,1H3,(H,17,18)/t14-/m0/s1. The molecule has 1 fully saturated rings. The Kier molecular flexibility index (Phi) is 14.3. The van der Waals surface area contributed by atoms with Crippen molar-refractivity contribution in [3.8, 4) is 0 Å². The smallest absolute Gasteiger partial charge is 0.441 e. The number of carbonyl (C=O) groups is 2. The van der Waals surface area contributed by atoms with Gasteiger partial charge in [0.1, 0.15) is 13.2 Å². The third-order valence-electron chi connectivity index (χ3n) is 3.13. The van der Waals surface area contributed by atoms with E-state index < -0.39 is 18.4 Å². The maximum atomic E-state index is 11.3. The molecule has 0 aliphatic carbocycles. The van der Waals surface area contributed by atoms with Gasteiger partial charge in [-0.1, -0.05) is 0 Å². The molecule has 1 aliphatic heterocycles. The van der Waals surface area contributed by atoms with Gasteiger partial charge in [-0.15, -0.1) is 0 Å². The summed E-state index contributed by atoms with van der Waals surface area (Å²) >= 11 is 0. The lowest BCUT2D eigenvalue weighted by Crippen LogP contribution is -2.23. The van der Waals surface area contributed by atoms with Crippen molar-refractivity contribution in [1.82, 2.24) is 5.32 Å². The van der Waals surface area contributed by atoms with Gasteiger partial charge in [-0.25, -0.2) is 9.59 Å². The molecular formula is C16H29NO10. The van der Waals surface area contributed by atoms with Crippen LogP contribution in [0.2, 0.25) is 0 Å². The van der Waals surface area contributed by atoms with E-state index >= 15 is 0 Å². The maximum absolute atomic E-state index is 11.3. The second-order valence-corrected chi connectivity index (χ2v) is 5.26. The van der Waals surface area contributed by atoms with Gasteiger partial charge in [-0.3, -0.25) is 0 Å². The lowest BCUT2D eigenvalue weighted by Gasteiger charge is -2.10. The molecule has 0 aromatic rings. The van der Waals surface area contributed by atoms with Gasteiger partial charge in [0.15, 0.2) is 6.10 Å². The topological polar surface area (TPSA) is 120 Å². The lowest BCUT2D eigenvalue weighted by molar-refractivity contribution is -0.0170. The first kappa shape index (κ1) is 23.4. The fraction of sp³-hybridized carbons (Fsp3) is 0.875. The molecule has 158 valence electrons. The highest BCUT2D eigenvalue weighted by Gasteiger charge is 2.24. The Morgan fingerprint density at radius 2 is 1.41 bits per heavy atom. The van der Waals surface area contributed by atoms with E-state index in [0.29, 0.717) is 59.4 Å². The number of cyclic esters (lactones) is 1. The van der Waals surface area contributed by atoms with Gasteiger partial charge in [-0.05, 0) is 0 Å². The summed E-state index contributed by atoms with van der Waals surface area (Å²) in [6.45, 7) is 4.46. The van der Waals surface area contributed by atoms with Gasteiger partial charge >= 0.3 is 12.2 Å². The van der Waals surface area contributed by atoms with Crippen molar-refractivity contribution in [2.75, 3.05) is 86.3 Å². The second kappa shape index (κ2) is 16.5. The molecule has 1 atom stereocenters. The highest BCUT2D eigenvalue weighted by atomic mass is 16.7. The average Bonchev–Trinajstić information content (AvgIpc) is 3.08. The monoisotopic (exact) mass is 395 g/mol. The predicted octanol–water partition coefficient (Wildman–Crippen LogP) is -0.0392. The lowest BCUT2D eigenvalue weighted by atomic mass is 10.4. The zero-order chi connectivity index (χ0) is 19.6. The first-order valence-corrected chi connectivity index (χ1v) is 8.76. The summed E-state index contributed by atoms with van der Waals surface area (Å²) in [6, 6.07) is 0. The molecule has 27 heavy (non-hydrogen) atoms. The molecule has 0 aromatic heterocycles. The molecule has 1 heterocycles. The van der Waals surface area contributed by atoms with E-state index in [4.69, 9.17) is 37.9 Å². The van der Waals surface area contributed by atoms with Crippen LogP contribution >= 0.6 is 0 Å².